The monoisotopic (exact) mass is 538 g/mol. The van der Waals surface area contributed by atoms with Crippen LogP contribution in [-0.4, -0.2) is 34.7 Å². The Hall–Kier alpha value is -4.19. The fourth-order valence-corrected chi connectivity index (χ4v) is 4.97. The summed E-state index contributed by atoms with van der Waals surface area (Å²) in [5.41, 5.74) is 3.63. The topological polar surface area (TPSA) is 70.8 Å². The molecule has 4 rings (SSSR count). The first-order valence-corrected chi connectivity index (χ1v) is 14.1. The van der Waals surface area contributed by atoms with E-state index in [0.717, 1.165) is 29.5 Å². The molecule has 0 aliphatic carbocycles. The second-order valence-electron chi connectivity index (χ2n) is 10.3. The second-order valence-corrected chi connectivity index (χ2v) is 10.3. The van der Waals surface area contributed by atoms with Crippen molar-refractivity contribution in [1.82, 2.24) is 9.80 Å². The quantitative estimate of drug-likeness (QED) is 0.208. The van der Waals surface area contributed by atoms with Gasteiger partial charge in [-0.15, -0.1) is 0 Å². The van der Waals surface area contributed by atoms with Crippen LogP contribution in [0.5, 0.6) is 0 Å². The van der Waals surface area contributed by atoms with Crippen LogP contribution in [0.1, 0.15) is 61.3 Å². The van der Waals surface area contributed by atoms with E-state index < -0.39 is 0 Å². The number of nitrogens with zero attached hydrogens (tertiary/aromatic N) is 2. The minimum Gasteiger partial charge on any atom is -0.464 e. The third kappa shape index (κ3) is 7.06. The van der Waals surface area contributed by atoms with Crippen LogP contribution in [0.4, 0.5) is 0 Å². The Balaban J connectivity index is 1.63. The zero-order chi connectivity index (χ0) is 28.5. The van der Waals surface area contributed by atoms with Gasteiger partial charge in [-0.05, 0) is 43.0 Å². The number of hydrogen-bond donors (Lipinski definition) is 0. The molecule has 0 spiro atoms. The lowest BCUT2D eigenvalue weighted by molar-refractivity contribution is -0.142. The molecule has 0 saturated heterocycles. The number of benzene rings is 3. The fourth-order valence-electron chi connectivity index (χ4n) is 4.97. The van der Waals surface area contributed by atoms with E-state index in [4.69, 9.17) is 4.42 Å². The first-order chi connectivity index (χ1) is 19.4. The first kappa shape index (κ1) is 28.8. The van der Waals surface area contributed by atoms with Crippen LogP contribution in [-0.2, 0) is 22.7 Å². The molecular formula is C34H38N2O4. The van der Waals surface area contributed by atoms with Crippen molar-refractivity contribution in [1.29, 1.82) is 0 Å². The molecule has 0 bridgehead atoms. The Morgan fingerprint density at radius 1 is 0.875 bits per heavy atom. The number of unbranched alkanes of at least 4 members (excludes halogenated alkanes) is 1. The summed E-state index contributed by atoms with van der Waals surface area (Å²) in [7, 11) is 0. The SMILES string of the molecule is CCCCN(CC(=O)N(Cc1ccccc1)Cc1coc2ccc(C)cc2c1=O)C(=O)C(CC)c1ccccc1. The molecule has 2 amide bonds. The fraction of sp³-hybridized carbons (Fsp3) is 0.324. The van der Waals surface area contributed by atoms with Crippen molar-refractivity contribution in [3.05, 3.63) is 118 Å². The normalized spacial score (nSPS) is 11.8. The lowest BCUT2D eigenvalue weighted by Crippen LogP contribution is -2.44. The molecule has 208 valence electrons. The average Bonchev–Trinajstić information content (AvgIpc) is 2.97. The van der Waals surface area contributed by atoms with Crippen molar-refractivity contribution in [2.24, 2.45) is 0 Å². The summed E-state index contributed by atoms with van der Waals surface area (Å²) in [5.74, 6) is -0.569. The molecule has 0 N–H and O–H groups in total. The highest BCUT2D eigenvalue weighted by atomic mass is 16.3. The molecule has 0 radical (unpaired) electrons. The maximum atomic E-state index is 13.9. The van der Waals surface area contributed by atoms with E-state index in [0.29, 0.717) is 36.0 Å². The lowest BCUT2D eigenvalue weighted by atomic mass is 9.95. The summed E-state index contributed by atoms with van der Waals surface area (Å²) in [4.78, 5) is 44.4. The van der Waals surface area contributed by atoms with Crippen molar-refractivity contribution in [2.45, 2.75) is 59.0 Å². The molecule has 1 aromatic heterocycles. The van der Waals surface area contributed by atoms with Crippen LogP contribution in [0.15, 0.2) is 94.3 Å². The van der Waals surface area contributed by atoms with Crippen LogP contribution in [0, 0.1) is 6.92 Å². The molecule has 6 nitrogen and oxygen atoms in total. The van der Waals surface area contributed by atoms with Gasteiger partial charge in [0, 0.05) is 13.1 Å². The third-order valence-electron chi connectivity index (χ3n) is 7.26. The highest BCUT2D eigenvalue weighted by Gasteiger charge is 2.28. The van der Waals surface area contributed by atoms with E-state index in [1.807, 2.05) is 86.6 Å². The zero-order valence-corrected chi connectivity index (χ0v) is 23.6. The van der Waals surface area contributed by atoms with Gasteiger partial charge >= 0.3 is 0 Å². The number of amides is 2. The van der Waals surface area contributed by atoms with Crippen molar-refractivity contribution in [3.63, 3.8) is 0 Å². The van der Waals surface area contributed by atoms with Crippen LogP contribution < -0.4 is 5.43 Å². The Labute approximate surface area is 236 Å². The minimum atomic E-state index is -0.316. The van der Waals surface area contributed by atoms with Gasteiger partial charge in [0.1, 0.15) is 5.58 Å². The molecule has 40 heavy (non-hydrogen) atoms. The summed E-state index contributed by atoms with van der Waals surface area (Å²) >= 11 is 0. The Morgan fingerprint density at radius 2 is 1.57 bits per heavy atom. The number of aryl methyl sites for hydroxylation is 1. The average molecular weight is 539 g/mol. The molecule has 0 saturated carbocycles. The largest absolute Gasteiger partial charge is 0.464 e. The van der Waals surface area contributed by atoms with Gasteiger partial charge < -0.3 is 14.2 Å². The lowest BCUT2D eigenvalue weighted by Gasteiger charge is -2.30. The van der Waals surface area contributed by atoms with Gasteiger partial charge in [-0.25, -0.2) is 0 Å². The molecule has 4 aromatic rings. The highest BCUT2D eigenvalue weighted by molar-refractivity contribution is 5.88. The Bertz CT molecular complexity index is 1480. The molecule has 6 heteroatoms. The van der Waals surface area contributed by atoms with Gasteiger partial charge in [-0.1, -0.05) is 92.6 Å². The predicted octanol–water partition coefficient (Wildman–Crippen LogP) is 6.45. The summed E-state index contributed by atoms with van der Waals surface area (Å²) in [6.45, 7) is 6.85. The summed E-state index contributed by atoms with van der Waals surface area (Å²) in [6, 6.07) is 24.9. The number of fused-ring (bicyclic) bond motifs is 1. The molecule has 1 atom stereocenters. The van der Waals surface area contributed by atoms with Gasteiger partial charge in [-0.2, -0.15) is 0 Å². The van der Waals surface area contributed by atoms with Gasteiger partial charge in [0.25, 0.3) is 0 Å². The summed E-state index contributed by atoms with van der Waals surface area (Å²) < 4.78 is 5.77. The van der Waals surface area contributed by atoms with Gasteiger partial charge in [0.05, 0.1) is 36.2 Å². The Kier molecular flexibility index (Phi) is 9.90. The van der Waals surface area contributed by atoms with Gasteiger partial charge in [-0.3, -0.25) is 14.4 Å². The molecular weight excluding hydrogens is 500 g/mol. The molecule has 1 unspecified atom stereocenters. The molecule has 0 aliphatic rings. The molecule has 0 fully saturated rings. The van der Waals surface area contributed by atoms with Crippen molar-refractivity contribution < 1.29 is 14.0 Å². The minimum absolute atomic E-state index is 0.0455. The van der Waals surface area contributed by atoms with Crippen LogP contribution >= 0.6 is 0 Å². The van der Waals surface area contributed by atoms with E-state index in [1.54, 1.807) is 15.9 Å². The van der Waals surface area contributed by atoms with Crippen molar-refractivity contribution in [2.75, 3.05) is 13.1 Å². The number of hydrogen-bond acceptors (Lipinski definition) is 4. The smallest absolute Gasteiger partial charge is 0.242 e. The molecule has 3 aromatic carbocycles. The number of rotatable bonds is 12. The van der Waals surface area contributed by atoms with E-state index in [-0.39, 0.29) is 36.3 Å². The third-order valence-corrected chi connectivity index (χ3v) is 7.26. The number of carbonyl (C=O) groups is 2. The summed E-state index contributed by atoms with van der Waals surface area (Å²) in [6.07, 6.45) is 3.81. The second kappa shape index (κ2) is 13.7. The predicted molar refractivity (Wildman–Crippen MR) is 159 cm³/mol. The maximum Gasteiger partial charge on any atom is 0.242 e. The molecule has 1 heterocycles. The first-order valence-electron chi connectivity index (χ1n) is 14.1. The van der Waals surface area contributed by atoms with Gasteiger partial charge in [0.15, 0.2) is 5.43 Å². The van der Waals surface area contributed by atoms with E-state index in [9.17, 15) is 14.4 Å². The van der Waals surface area contributed by atoms with E-state index in [2.05, 4.69) is 6.92 Å². The highest BCUT2D eigenvalue weighted by Crippen LogP contribution is 2.23. The zero-order valence-electron chi connectivity index (χ0n) is 23.6. The summed E-state index contributed by atoms with van der Waals surface area (Å²) in [5, 5.41) is 0.498. The van der Waals surface area contributed by atoms with E-state index >= 15 is 0 Å². The maximum absolute atomic E-state index is 13.9. The van der Waals surface area contributed by atoms with Gasteiger partial charge in [0.2, 0.25) is 11.8 Å². The van der Waals surface area contributed by atoms with Crippen molar-refractivity contribution in [3.8, 4) is 0 Å². The van der Waals surface area contributed by atoms with Crippen LogP contribution in [0.2, 0.25) is 0 Å². The number of carbonyl (C=O) groups excluding carboxylic acids is 2. The van der Waals surface area contributed by atoms with Crippen molar-refractivity contribution >= 4 is 22.8 Å². The van der Waals surface area contributed by atoms with Crippen LogP contribution in [0.3, 0.4) is 0 Å². The van der Waals surface area contributed by atoms with E-state index in [1.165, 1.54) is 6.26 Å². The van der Waals surface area contributed by atoms with Crippen LogP contribution in [0.25, 0.3) is 11.0 Å². The Morgan fingerprint density at radius 3 is 2.25 bits per heavy atom. The standard InChI is InChI=1S/C34H38N2O4/c1-4-6-19-35(34(39)29(5-2)27-15-11-8-12-16-27)23-32(37)36(21-26-13-9-7-10-14-26)22-28-24-40-31-18-17-25(3)20-30(31)33(28)38/h7-18,20,24,29H,4-6,19,21-23H2,1-3H3. The molecule has 0 aliphatic heterocycles.